The number of carboxylic acids is 3. The van der Waals surface area contributed by atoms with E-state index < -0.39 is 66.2 Å². The molecule has 31 heavy (non-hydrogen) atoms. The Bertz CT molecular complexity index is 689. The minimum atomic E-state index is -1.68. The normalized spacial score (nSPS) is 14.4. The highest BCUT2D eigenvalue weighted by molar-refractivity contribution is 7.98. The molecule has 14 heteroatoms. The lowest BCUT2D eigenvalue weighted by Gasteiger charge is -2.23. The number of carboxylic acid groups (broad SMARTS) is 3. The number of carbonyl (C=O) groups is 6. The first-order valence-electron chi connectivity index (χ1n) is 9.21. The molecule has 4 atom stereocenters. The summed E-state index contributed by atoms with van der Waals surface area (Å²) in [6, 6.07) is -5.12. The summed E-state index contributed by atoms with van der Waals surface area (Å²) in [5.74, 6) is -6.05. The first kappa shape index (κ1) is 28.1. The van der Waals surface area contributed by atoms with Crippen LogP contribution < -0.4 is 21.7 Å². The molecule has 0 fully saturated rings. The summed E-state index contributed by atoms with van der Waals surface area (Å²) in [6.07, 6.45) is 0.576. The van der Waals surface area contributed by atoms with Crippen molar-refractivity contribution in [2.75, 3.05) is 12.0 Å². The van der Waals surface area contributed by atoms with Crippen molar-refractivity contribution in [1.82, 2.24) is 16.0 Å². The van der Waals surface area contributed by atoms with E-state index in [0.29, 0.717) is 5.75 Å². The second-order valence-corrected chi connectivity index (χ2v) is 7.59. The van der Waals surface area contributed by atoms with Crippen molar-refractivity contribution in [3.63, 3.8) is 0 Å². The third-order valence-corrected chi connectivity index (χ3v) is 4.64. The van der Waals surface area contributed by atoms with Crippen molar-refractivity contribution in [2.45, 2.75) is 56.8 Å². The number of rotatable bonds is 15. The van der Waals surface area contributed by atoms with Gasteiger partial charge in [-0.05, 0) is 31.8 Å². The van der Waals surface area contributed by atoms with E-state index >= 15 is 0 Å². The van der Waals surface area contributed by atoms with Crippen LogP contribution in [0.25, 0.3) is 0 Å². The molecule has 0 spiro atoms. The fourth-order valence-electron chi connectivity index (χ4n) is 2.24. The Kier molecular flexibility index (Phi) is 12.9. The Labute approximate surface area is 182 Å². The minimum absolute atomic E-state index is 0.122. The van der Waals surface area contributed by atoms with Gasteiger partial charge in [0.15, 0.2) is 0 Å². The molecule has 0 saturated carbocycles. The SMILES string of the molecule is CSCCC(NC(=O)C(C)NC(=O)C(N)CCC(=O)O)C(=O)NC(CC(=O)O)C(=O)O. The van der Waals surface area contributed by atoms with E-state index in [2.05, 4.69) is 16.0 Å². The molecular formula is C17H28N4O9S. The highest BCUT2D eigenvalue weighted by Gasteiger charge is 2.29. The molecule has 0 aromatic carbocycles. The monoisotopic (exact) mass is 464 g/mol. The first-order chi connectivity index (χ1) is 14.4. The second kappa shape index (κ2) is 14.2. The summed E-state index contributed by atoms with van der Waals surface area (Å²) in [5, 5.41) is 33.2. The van der Waals surface area contributed by atoms with Crippen LogP contribution in [0.3, 0.4) is 0 Å². The third kappa shape index (κ3) is 11.8. The van der Waals surface area contributed by atoms with Crippen molar-refractivity contribution in [3.8, 4) is 0 Å². The maximum absolute atomic E-state index is 12.4. The molecule has 0 radical (unpaired) electrons. The van der Waals surface area contributed by atoms with Crippen molar-refractivity contribution < 1.29 is 44.1 Å². The van der Waals surface area contributed by atoms with E-state index in [1.165, 1.54) is 18.7 Å². The van der Waals surface area contributed by atoms with Crippen molar-refractivity contribution in [1.29, 1.82) is 0 Å². The summed E-state index contributed by atoms with van der Waals surface area (Å²) in [6.45, 7) is 1.32. The number of hydrogen-bond acceptors (Lipinski definition) is 8. The third-order valence-electron chi connectivity index (χ3n) is 3.99. The molecule has 0 heterocycles. The van der Waals surface area contributed by atoms with Gasteiger partial charge in [-0.1, -0.05) is 0 Å². The maximum atomic E-state index is 12.4. The van der Waals surface area contributed by atoms with E-state index in [1.807, 2.05) is 0 Å². The molecule has 176 valence electrons. The van der Waals surface area contributed by atoms with E-state index in [0.717, 1.165) is 0 Å². The Morgan fingerprint density at radius 2 is 1.42 bits per heavy atom. The zero-order valence-electron chi connectivity index (χ0n) is 17.1. The minimum Gasteiger partial charge on any atom is -0.481 e. The summed E-state index contributed by atoms with van der Waals surface area (Å²) >= 11 is 1.37. The molecule has 0 aliphatic heterocycles. The molecule has 0 aliphatic rings. The van der Waals surface area contributed by atoms with Gasteiger partial charge < -0.3 is 37.0 Å². The van der Waals surface area contributed by atoms with Gasteiger partial charge in [0.2, 0.25) is 17.7 Å². The Balaban J connectivity index is 5.04. The maximum Gasteiger partial charge on any atom is 0.326 e. The van der Waals surface area contributed by atoms with E-state index in [9.17, 15) is 28.8 Å². The van der Waals surface area contributed by atoms with Gasteiger partial charge in [0.05, 0.1) is 12.5 Å². The van der Waals surface area contributed by atoms with Crippen molar-refractivity contribution >= 4 is 47.4 Å². The Morgan fingerprint density at radius 1 is 0.839 bits per heavy atom. The average molecular weight is 464 g/mol. The van der Waals surface area contributed by atoms with Crippen LogP contribution in [0.2, 0.25) is 0 Å². The van der Waals surface area contributed by atoms with Gasteiger partial charge in [-0.3, -0.25) is 24.0 Å². The number of hydrogen-bond donors (Lipinski definition) is 7. The van der Waals surface area contributed by atoms with E-state index in [1.54, 1.807) is 6.26 Å². The number of nitrogens with two attached hydrogens (primary N) is 1. The van der Waals surface area contributed by atoms with E-state index in [4.69, 9.17) is 21.1 Å². The van der Waals surface area contributed by atoms with Gasteiger partial charge in [-0.15, -0.1) is 0 Å². The van der Waals surface area contributed by atoms with Crippen LogP contribution in [-0.2, 0) is 28.8 Å². The lowest BCUT2D eigenvalue weighted by Crippen LogP contribution is -2.56. The summed E-state index contributed by atoms with van der Waals surface area (Å²) in [4.78, 5) is 69.3. The first-order valence-corrected chi connectivity index (χ1v) is 10.6. The number of thioether (sulfide) groups is 1. The van der Waals surface area contributed by atoms with Crippen LogP contribution in [-0.4, -0.2) is 87.1 Å². The molecule has 4 unspecified atom stereocenters. The molecule has 0 saturated heterocycles. The molecule has 3 amide bonds. The molecule has 8 N–H and O–H groups in total. The summed E-state index contributed by atoms with van der Waals surface area (Å²) < 4.78 is 0. The largest absolute Gasteiger partial charge is 0.481 e. The van der Waals surface area contributed by atoms with Crippen LogP contribution in [0, 0.1) is 0 Å². The molecule has 0 bridgehead atoms. The van der Waals surface area contributed by atoms with Gasteiger partial charge in [0.1, 0.15) is 18.1 Å². The van der Waals surface area contributed by atoms with Crippen molar-refractivity contribution in [2.24, 2.45) is 5.73 Å². The smallest absolute Gasteiger partial charge is 0.326 e. The van der Waals surface area contributed by atoms with Gasteiger partial charge in [-0.25, -0.2) is 4.79 Å². The predicted molar refractivity (Wildman–Crippen MR) is 109 cm³/mol. The van der Waals surface area contributed by atoms with Gasteiger partial charge >= 0.3 is 17.9 Å². The number of aliphatic carboxylic acids is 3. The Morgan fingerprint density at radius 3 is 1.90 bits per heavy atom. The molecule has 0 rings (SSSR count). The predicted octanol–water partition coefficient (Wildman–Crippen LogP) is -2.03. The number of nitrogens with one attached hydrogen (secondary N) is 3. The highest BCUT2D eigenvalue weighted by atomic mass is 32.2. The topological polar surface area (TPSA) is 225 Å². The van der Waals surface area contributed by atoms with Crippen LogP contribution in [0.4, 0.5) is 0 Å². The fraction of sp³-hybridized carbons (Fsp3) is 0.647. The fourth-order valence-corrected chi connectivity index (χ4v) is 2.72. The van der Waals surface area contributed by atoms with Crippen molar-refractivity contribution in [3.05, 3.63) is 0 Å². The van der Waals surface area contributed by atoms with Crippen LogP contribution in [0.5, 0.6) is 0 Å². The lowest BCUT2D eigenvalue weighted by atomic mass is 10.1. The van der Waals surface area contributed by atoms with Crippen LogP contribution in [0.15, 0.2) is 0 Å². The standard InChI is InChI=1S/C17H28N4O9S/c1-8(19-15(27)9(18)3-4-12(22)23)14(26)20-10(5-6-31-2)16(28)21-11(17(29)30)7-13(24)25/h8-11H,3-7,18H2,1-2H3,(H,19,27)(H,20,26)(H,21,28)(H,22,23)(H,24,25)(H,29,30). The zero-order chi connectivity index (χ0) is 24.1. The average Bonchev–Trinajstić information content (AvgIpc) is 2.67. The quantitative estimate of drug-likeness (QED) is 0.140. The lowest BCUT2D eigenvalue weighted by molar-refractivity contribution is -0.147. The number of amides is 3. The van der Waals surface area contributed by atoms with Gasteiger partial charge in [0.25, 0.3) is 0 Å². The van der Waals surface area contributed by atoms with Gasteiger partial charge in [0, 0.05) is 6.42 Å². The Hall–Kier alpha value is -2.87. The molecule has 0 aliphatic carbocycles. The van der Waals surface area contributed by atoms with Crippen LogP contribution in [0.1, 0.15) is 32.6 Å². The number of carbonyl (C=O) groups excluding carboxylic acids is 3. The molecule has 13 nitrogen and oxygen atoms in total. The summed E-state index contributed by atoms with van der Waals surface area (Å²) in [5.41, 5.74) is 5.57. The summed E-state index contributed by atoms with van der Waals surface area (Å²) in [7, 11) is 0. The van der Waals surface area contributed by atoms with E-state index in [-0.39, 0.29) is 19.3 Å². The van der Waals surface area contributed by atoms with Crippen LogP contribution >= 0.6 is 11.8 Å². The molecule has 0 aromatic heterocycles. The molecule has 0 aromatic rings. The highest BCUT2D eigenvalue weighted by Crippen LogP contribution is 2.04. The molecular weight excluding hydrogens is 436 g/mol. The zero-order valence-corrected chi connectivity index (χ0v) is 17.9. The van der Waals surface area contributed by atoms with Gasteiger partial charge in [-0.2, -0.15) is 11.8 Å². The second-order valence-electron chi connectivity index (χ2n) is 6.61.